The molecule has 2 N–H and O–H groups in total. The zero-order valence-corrected chi connectivity index (χ0v) is 15.4. The number of aryl methyl sites for hydroxylation is 2. The quantitative estimate of drug-likeness (QED) is 0.751. The fourth-order valence-electron chi connectivity index (χ4n) is 3.30. The van der Waals surface area contributed by atoms with Gasteiger partial charge in [-0.1, -0.05) is 5.16 Å². The predicted molar refractivity (Wildman–Crippen MR) is 96.0 cm³/mol. The highest BCUT2D eigenvalue weighted by atomic mass is 16.5. The van der Waals surface area contributed by atoms with Crippen LogP contribution in [0.3, 0.4) is 0 Å². The molecule has 26 heavy (non-hydrogen) atoms. The zero-order valence-electron chi connectivity index (χ0n) is 15.4. The monoisotopic (exact) mass is 354 g/mol. The molecule has 4 rings (SSSR count). The number of hydrogen-bond donors (Lipinski definition) is 1. The standard InChI is InChI=1S/C18H22N6O2/c1-9-15(18-20-7-14(25-4)17(19)21-18)22-24(16(9)12-5-6-12)8-13-10(2)23-26-11(13)3/h7,12H,5-6,8H2,1-4H3,(H2,19,20,21). The first kappa shape index (κ1) is 16.6. The van der Waals surface area contributed by atoms with Crippen LogP contribution in [0.4, 0.5) is 5.82 Å². The molecule has 8 heteroatoms. The summed E-state index contributed by atoms with van der Waals surface area (Å²) in [6, 6.07) is 0. The van der Waals surface area contributed by atoms with E-state index in [2.05, 4.69) is 22.0 Å². The molecule has 0 saturated heterocycles. The molecule has 0 amide bonds. The summed E-state index contributed by atoms with van der Waals surface area (Å²) in [5.74, 6) is 2.64. The topological polar surface area (TPSA) is 105 Å². The van der Waals surface area contributed by atoms with Crippen molar-refractivity contribution in [1.29, 1.82) is 0 Å². The highest BCUT2D eigenvalue weighted by Gasteiger charge is 2.32. The van der Waals surface area contributed by atoms with Crippen LogP contribution in [-0.4, -0.2) is 32.0 Å². The summed E-state index contributed by atoms with van der Waals surface area (Å²) in [5.41, 5.74) is 11.0. The number of aromatic nitrogens is 5. The largest absolute Gasteiger partial charge is 0.491 e. The SMILES string of the molecule is COc1cnc(-c2nn(Cc3c(C)noc3C)c(C3CC3)c2C)nc1N. The summed E-state index contributed by atoms with van der Waals surface area (Å²) >= 11 is 0. The summed E-state index contributed by atoms with van der Waals surface area (Å²) < 4.78 is 12.5. The van der Waals surface area contributed by atoms with E-state index in [0.717, 1.165) is 28.3 Å². The van der Waals surface area contributed by atoms with Gasteiger partial charge in [0.25, 0.3) is 0 Å². The van der Waals surface area contributed by atoms with Gasteiger partial charge in [-0.15, -0.1) is 0 Å². The van der Waals surface area contributed by atoms with Crippen molar-refractivity contribution < 1.29 is 9.26 Å². The molecular weight excluding hydrogens is 332 g/mol. The highest BCUT2D eigenvalue weighted by molar-refractivity contribution is 5.60. The Labute approximate surface area is 151 Å². The second-order valence-electron chi connectivity index (χ2n) is 6.74. The Morgan fingerprint density at radius 3 is 2.65 bits per heavy atom. The molecule has 0 bridgehead atoms. The van der Waals surface area contributed by atoms with Crippen LogP contribution in [-0.2, 0) is 6.54 Å². The maximum Gasteiger partial charge on any atom is 0.182 e. The van der Waals surface area contributed by atoms with Crippen LogP contribution < -0.4 is 10.5 Å². The fourth-order valence-corrected chi connectivity index (χ4v) is 3.30. The van der Waals surface area contributed by atoms with Crippen LogP contribution in [0.15, 0.2) is 10.7 Å². The van der Waals surface area contributed by atoms with Gasteiger partial charge in [0, 0.05) is 22.7 Å². The van der Waals surface area contributed by atoms with Crippen LogP contribution in [0.2, 0.25) is 0 Å². The Morgan fingerprint density at radius 1 is 1.31 bits per heavy atom. The fraction of sp³-hybridized carbons (Fsp3) is 0.444. The summed E-state index contributed by atoms with van der Waals surface area (Å²) in [6.45, 7) is 6.58. The lowest BCUT2D eigenvalue weighted by molar-refractivity contribution is 0.391. The molecule has 0 aliphatic heterocycles. The van der Waals surface area contributed by atoms with E-state index >= 15 is 0 Å². The van der Waals surface area contributed by atoms with Crippen molar-refractivity contribution >= 4 is 5.82 Å². The number of nitrogens with two attached hydrogens (primary N) is 1. The second-order valence-corrected chi connectivity index (χ2v) is 6.74. The van der Waals surface area contributed by atoms with Crippen molar-refractivity contribution in [2.45, 2.75) is 46.1 Å². The minimum Gasteiger partial charge on any atom is -0.491 e. The van der Waals surface area contributed by atoms with E-state index in [1.807, 2.05) is 18.5 Å². The van der Waals surface area contributed by atoms with E-state index in [0.29, 0.717) is 29.9 Å². The van der Waals surface area contributed by atoms with E-state index in [4.69, 9.17) is 20.1 Å². The maximum absolute atomic E-state index is 5.95. The third-order valence-electron chi connectivity index (χ3n) is 4.91. The van der Waals surface area contributed by atoms with Crippen molar-refractivity contribution in [2.75, 3.05) is 12.8 Å². The average Bonchev–Trinajstić information content (AvgIpc) is 3.34. The number of rotatable bonds is 5. The Kier molecular flexibility index (Phi) is 3.90. The molecule has 3 heterocycles. The van der Waals surface area contributed by atoms with E-state index < -0.39 is 0 Å². The van der Waals surface area contributed by atoms with Crippen LogP contribution >= 0.6 is 0 Å². The molecule has 0 spiro atoms. The minimum absolute atomic E-state index is 0.310. The molecule has 0 radical (unpaired) electrons. The number of hydrogen-bond acceptors (Lipinski definition) is 7. The number of methoxy groups -OCH3 is 1. The Hall–Kier alpha value is -2.90. The average molecular weight is 354 g/mol. The Morgan fingerprint density at radius 2 is 2.08 bits per heavy atom. The molecule has 1 fully saturated rings. The van der Waals surface area contributed by atoms with Crippen molar-refractivity contribution in [3.05, 3.63) is 34.5 Å². The van der Waals surface area contributed by atoms with Gasteiger partial charge in [0.1, 0.15) is 11.5 Å². The van der Waals surface area contributed by atoms with Gasteiger partial charge in [-0.25, -0.2) is 9.97 Å². The van der Waals surface area contributed by atoms with E-state index in [9.17, 15) is 0 Å². The Balaban J connectivity index is 1.79. The first-order valence-corrected chi connectivity index (χ1v) is 8.65. The molecular formula is C18H22N6O2. The van der Waals surface area contributed by atoms with Gasteiger partial charge in [0.15, 0.2) is 17.4 Å². The van der Waals surface area contributed by atoms with Crippen molar-refractivity contribution in [2.24, 2.45) is 0 Å². The third kappa shape index (κ3) is 2.71. The normalized spacial score (nSPS) is 14.0. The molecule has 3 aromatic rings. The molecule has 0 unspecified atom stereocenters. The summed E-state index contributed by atoms with van der Waals surface area (Å²) in [4.78, 5) is 8.76. The lowest BCUT2D eigenvalue weighted by atomic mass is 10.1. The predicted octanol–water partition coefficient (Wildman–Crippen LogP) is 2.77. The molecule has 1 aliphatic rings. The second kappa shape index (κ2) is 6.12. The van der Waals surface area contributed by atoms with Gasteiger partial charge >= 0.3 is 0 Å². The zero-order chi connectivity index (χ0) is 18.4. The molecule has 8 nitrogen and oxygen atoms in total. The van der Waals surface area contributed by atoms with Gasteiger partial charge in [0.2, 0.25) is 0 Å². The lowest BCUT2D eigenvalue weighted by Gasteiger charge is -2.07. The summed E-state index contributed by atoms with van der Waals surface area (Å²) in [6.07, 6.45) is 3.94. The van der Waals surface area contributed by atoms with Gasteiger partial charge in [-0.3, -0.25) is 4.68 Å². The molecule has 0 atom stereocenters. The Bertz CT molecular complexity index is 951. The first-order chi connectivity index (χ1) is 12.5. The smallest absolute Gasteiger partial charge is 0.182 e. The van der Waals surface area contributed by atoms with Gasteiger partial charge in [0.05, 0.1) is 25.5 Å². The number of ether oxygens (including phenoxy) is 1. The van der Waals surface area contributed by atoms with Gasteiger partial charge in [-0.05, 0) is 33.6 Å². The summed E-state index contributed by atoms with van der Waals surface area (Å²) in [5, 5.41) is 8.87. The number of nitrogens with zero attached hydrogens (tertiary/aromatic N) is 5. The molecule has 0 aromatic carbocycles. The lowest BCUT2D eigenvalue weighted by Crippen LogP contribution is -2.07. The maximum atomic E-state index is 5.95. The molecule has 1 saturated carbocycles. The highest BCUT2D eigenvalue weighted by Crippen LogP contribution is 2.43. The van der Waals surface area contributed by atoms with E-state index in [1.54, 1.807) is 13.3 Å². The van der Waals surface area contributed by atoms with Crippen LogP contribution in [0.1, 0.15) is 47.0 Å². The number of anilines is 1. The van der Waals surface area contributed by atoms with Crippen LogP contribution in [0.5, 0.6) is 5.75 Å². The molecule has 3 aromatic heterocycles. The van der Waals surface area contributed by atoms with E-state index in [1.165, 1.54) is 18.5 Å². The summed E-state index contributed by atoms with van der Waals surface area (Å²) in [7, 11) is 1.55. The van der Waals surface area contributed by atoms with Gasteiger partial charge in [-0.2, -0.15) is 5.10 Å². The molecule has 1 aliphatic carbocycles. The van der Waals surface area contributed by atoms with Crippen molar-refractivity contribution in [3.8, 4) is 17.3 Å². The van der Waals surface area contributed by atoms with E-state index in [-0.39, 0.29) is 0 Å². The number of nitrogen functional groups attached to an aromatic ring is 1. The van der Waals surface area contributed by atoms with Gasteiger partial charge < -0.3 is 15.0 Å². The van der Waals surface area contributed by atoms with Crippen LogP contribution in [0, 0.1) is 20.8 Å². The third-order valence-corrected chi connectivity index (χ3v) is 4.91. The first-order valence-electron chi connectivity index (χ1n) is 8.65. The van der Waals surface area contributed by atoms with Crippen molar-refractivity contribution in [3.63, 3.8) is 0 Å². The minimum atomic E-state index is 0.310. The molecule has 136 valence electrons. The van der Waals surface area contributed by atoms with Crippen molar-refractivity contribution in [1.82, 2.24) is 24.9 Å². The van der Waals surface area contributed by atoms with Crippen LogP contribution in [0.25, 0.3) is 11.5 Å².